The van der Waals surface area contributed by atoms with Crippen molar-refractivity contribution in [1.29, 1.82) is 0 Å². The zero-order valence-corrected chi connectivity index (χ0v) is 7.49. The van der Waals surface area contributed by atoms with Crippen molar-refractivity contribution >= 4 is 17.3 Å². The van der Waals surface area contributed by atoms with Crippen LogP contribution >= 0.6 is 11.6 Å². The van der Waals surface area contributed by atoms with Gasteiger partial charge in [-0.15, -0.1) is 6.58 Å². The molecular formula is C9H7ClNO2. The molecule has 0 unspecified atom stereocenters. The van der Waals surface area contributed by atoms with Crippen molar-refractivity contribution < 1.29 is 4.92 Å². The van der Waals surface area contributed by atoms with E-state index in [1.807, 2.05) is 0 Å². The van der Waals surface area contributed by atoms with Crippen LogP contribution in [0.25, 0.3) is 0 Å². The Hall–Kier alpha value is -1.35. The van der Waals surface area contributed by atoms with Crippen LogP contribution in [0, 0.1) is 16.5 Å². The lowest BCUT2D eigenvalue weighted by Crippen LogP contribution is -1.93. The van der Waals surface area contributed by atoms with Crippen LogP contribution in [0.3, 0.4) is 0 Å². The second kappa shape index (κ2) is 4.05. The summed E-state index contributed by atoms with van der Waals surface area (Å²) in [6, 6.07) is 4.55. The number of nitro groups is 1. The predicted molar refractivity (Wildman–Crippen MR) is 51.7 cm³/mol. The highest BCUT2D eigenvalue weighted by molar-refractivity contribution is 6.31. The van der Waals surface area contributed by atoms with Crippen LogP contribution < -0.4 is 0 Å². The molecule has 1 rings (SSSR count). The van der Waals surface area contributed by atoms with E-state index < -0.39 is 4.92 Å². The molecule has 1 aromatic rings. The monoisotopic (exact) mass is 196 g/mol. The third-order valence-electron chi connectivity index (χ3n) is 1.51. The fourth-order valence-electron chi connectivity index (χ4n) is 0.968. The number of nitrogens with zero attached hydrogens (tertiary/aromatic N) is 1. The van der Waals surface area contributed by atoms with E-state index >= 15 is 0 Å². The minimum Gasteiger partial charge on any atom is -0.258 e. The molecule has 4 heteroatoms. The smallest absolute Gasteiger partial charge is 0.258 e. The predicted octanol–water partition coefficient (Wildman–Crippen LogP) is 2.99. The average Bonchev–Trinajstić information content (AvgIpc) is 2.08. The molecule has 0 heterocycles. The molecule has 0 amide bonds. The summed E-state index contributed by atoms with van der Waals surface area (Å²) >= 11 is 5.77. The van der Waals surface area contributed by atoms with E-state index in [1.54, 1.807) is 12.1 Å². The highest BCUT2D eigenvalue weighted by Crippen LogP contribution is 2.27. The van der Waals surface area contributed by atoms with E-state index in [1.165, 1.54) is 18.6 Å². The Kier molecular flexibility index (Phi) is 3.03. The maximum absolute atomic E-state index is 10.5. The van der Waals surface area contributed by atoms with Gasteiger partial charge in [0.25, 0.3) is 5.69 Å². The molecule has 0 spiro atoms. The van der Waals surface area contributed by atoms with E-state index in [0.29, 0.717) is 10.6 Å². The Bertz CT molecular complexity index is 349. The summed E-state index contributed by atoms with van der Waals surface area (Å²) in [6.07, 6.45) is 2.98. The molecule has 0 aliphatic heterocycles. The van der Waals surface area contributed by atoms with E-state index in [2.05, 4.69) is 6.58 Å². The van der Waals surface area contributed by atoms with E-state index in [4.69, 9.17) is 11.6 Å². The van der Waals surface area contributed by atoms with Crippen LogP contribution in [-0.4, -0.2) is 4.92 Å². The number of benzene rings is 1. The lowest BCUT2D eigenvalue weighted by Gasteiger charge is -2.00. The second-order valence-electron chi connectivity index (χ2n) is 2.33. The van der Waals surface area contributed by atoms with Gasteiger partial charge in [-0.3, -0.25) is 10.1 Å². The number of allylic oxidation sites excluding steroid dienone is 1. The fraction of sp³-hybridized carbons (Fsp3) is 0. The molecule has 67 valence electrons. The minimum absolute atomic E-state index is 0.00704. The first-order chi connectivity index (χ1) is 6.16. The molecule has 0 N–H and O–H groups in total. The molecule has 0 fully saturated rings. The summed E-state index contributed by atoms with van der Waals surface area (Å²) in [5.41, 5.74) is 0.386. The maximum Gasteiger partial charge on any atom is 0.274 e. The molecule has 0 atom stereocenters. The van der Waals surface area contributed by atoms with Crippen LogP contribution in [0.15, 0.2) is 30.9 Å². The zero-order valence-electron chi connectivity index (χ0n) is 6.74. The molecule has 3 nitrogen and oxygen atoms in total. The van der Waals surface area contributed by atoms with Gasteiger partial charge >= 0.3 is 0 Å². The van der Waals surface area contributed by atoms with Gasteiger partial charge in [-0.1, -0.05) is 23.7 Å². The van der Waals surface area contributed by atoms with Crippen molar-refractivity contribution in [1.82, 2.24) is 0 Å². The van der Waals surface area contributed by atoms with Crippen molar-refractivity contribution in [3.8, 4) is 0 Å². The number of hydrogen-bond donors (Lipinski definition) is 0. The summed E-state index contributed by atoms with van der Waals surface area (Å²) in [7, 11) is 0. The van der Waals surface area contributed by atoms with Crippen molar-refractivity contribution in [3.63, 3.8) is 0 Å². The normalized spacial score (nSPS) is 9.62. The Morgan fingerprint density at radius 3 is 2.77 bits per heavy atom. The quantitative estimate of drug-likeness (QED) is 0.551. The van der Waals surface area contributed by atoms with Crippen LogP contribution in [0.5, 0.6) is 0 Å². The summed E-state index contributed by atoms with van der Waals surface area (Å²) < 4.78 is 0. The third-order valence-corrected chi connectivity index (χ3v) is 1.84. The molecule has 1 radical (unpaired) electrons. The van der Waals surface area contributed by atoms with Crippen molar-refractivity contribution in [3.05, 3.63) is 58.0 Å². The maximum atomic E-state index is 10.5. The van der Waals surface area contributed by atoms with Gasteiger partial charge < -0.3 is 0 Å². The standard InChI is InChI=1S/C9H7ClNO2/c1-2-4-7-8(10)5-3-6-9(7)11(12)13/h2-6H,1H2. The van der Waals surface area contributed by atoms with Crippen molar-refractivity contribution in [2.24, 2.45) is 0 Å². The SMILES string of the molecule is C=C[CH]c1c(Cl)cccc1[N+](=O)[O-]. The first-order valence-corrected chi connectivity index (χ1v) is 3.93. The first-order valence-electron chi connectivity index (χ1n) is 3.55. The van der Waals surface area contributed by atoms with Gasteiger partial charge in [0.2, 0.25) is 0 Å². The number of nitro benzene ring substituents is 1. The molecule has 0 saturated heterocycles. The Morgan fingerprint density at radius 1 is 1.54 bits per heavy atom. The molecule has 0 bridgehead atoms. The van der Waals surface area contributed by atoms with Crippen LogP contribution in [-0.2, 0) is 0 Å². The summed E-state index contributed by atoms with van der Waals surface area (Å²) in [5.74, 6) is 0. The zero-order chi connectivity index (χ0) is 9.84. The van der Waals surface area contributed by atoms with Gasteiger partial charge in [0.1, 0.15) is 0 Å². The fourth-order valence-corrected chi connectivity index (χ4v) is 1.20. The van der Waals surface area contributed by atoms with Crippen LogP contribution in [0.2, 0.25) is 5.02 Å². The van der Waals surface area contributed by atoms with Crippen molar-refractivity contribution in [2.45, 2.75) is 0 Å². The number of hydrogen-bond acceptors (Lipinski definition) is 2. The largest absolute Gasteiger partial charge is 0.274 e. The lowest BCUT2D eigenvalue weighted by molar-refractivity contribution is -0.385. The lowest BCUT2D eigenvalue weighted by atomic mass is 10.1. The Morgan fingerprint density at radius 2 is 2.23 bits per heavy atom. The van der Waals surface area contributed by atoms with E-state index in [9.17, 15) is 10.1 Å². The Balaban J connectivity index is 3.24. The molecule has 0 aliphatic rings. The van der Waals surface area contributed by atoms with Gasteiger partial charge in [0, 0.05) is 12.5 Å². The van der Waals surface area contributed by atoms with Gasteiger partial charge in [-0.2, -0.15) is 0 Å². The highest BCUT2D eigenvalue weighted by atomic mass is 35.5. The van der Waals surface area contributed by atoms with Crippen LogP contribution in [0.1, 0.15) is 5.56 Å². The van der Waals surface area contributed by atoms with Crippen LogP contribution in [0.4, 0.5) is 5.69 Å². The van der Waals surface area contributed by atoms with Gasteiger partial charge in [-0.25, -0.2) is 0 Å². The number of rotatable bonds is 3. The molecule has 0 saturated carbocycles. The Labute approximate surface area is 80.8 Å². The third kappa shape index (κ3) is 2.06. The summed E-state index contributed by atoms with van der Waals surface area (Å²) in [6.45, 7) is 3.46. The minimum atomic E-state index is -0.471. The van der Waals surface area contributed by atoms with E-state index in [-0.39, 0.29) is 5.69 Å². The number of halogens is 1. The molecule has 0 aromatic heterocycles. The topological polar surface area (TPSA) is 43.1 Å². The first kappa shape index (κ1) is 9.74. The van der Waals surface area contributed by atoms with E-state index in [0.717, 1.165) is 0 Å². The summed E-state index contributed by atoms with van der Waals surface area (Å²) in [4.78, 5) is 10.1. The summed E-state index contributed by atoms with van der Waals surface area (Å²) in [5, 5.41) is 10.9. The molecule has 0 aliphatic carbocycles. The van der Waals surface area contributed by atoms with Gasteiger partial charge in [0.05, 0.1) is 15.5 Å². The van der Waals surface area contributed by atoms with Gasteiger partial charge in [0.15, 0.2) is 0 Å². The molecular weight excluding hydrogens is 190 g/mol. The van der Waals surface area contributed by atoms with Gasteiger partial charge in [-0.05, 0) is 6.07 Å². The van der Waals surface area contributed by atoms with Crippen molar-refractivity contribution in [2.75, 3.05) is 0 Å². The average molecular weight is 197 g/mol. The molecule has 1 aromatic carbocycles. The molecule has 13 heavy (non-hydrogen) atoms. The highest BCUT2D eigenvalue weighted by Gasteiger charge is 2.14. The second-order valence-corrected chi connectivity index (χ2v) is 2.74.